The Hall–Kier alpha value is -3.49. The summed E-state index contributed by atoms with van der Waals surface area (Å²) in [6, 6.07) is -0.632. The molecule has 0 aliphatic rings. The zero-order valence-electron chi connectivity index (χ0n) is 38.2. The van der Waals surface area contributed by atoms with E-state index in [2.05, 4.69) is 86.8 Å². The van der Waals surface area contributed by atoms with E-state index in [-0.39, 0.29) is 42.7 Å². The maximum Gasteiger partial charge on any atom is 0.362 e. The second-order valence-corrected chi connectivity index (χ2v) is 16.3. The van der Waals surface area contributed by atoms with Crippen LogP contribution in [-0.4, -0.2) is 80.6 Å². The van der Waals surface area contributed by atoms with Crippen LogP contribution in [-0.2, 0) is 28.6 Å². The van der Waals surface area contributed by atoms with Crippen molar-refractivity contribution >= 4 is 17.9 Å². The Morgan fingerprint density at radius 2 is 1.03 bits per heavy atom. The second-order valence-electron chi connectivity index (χ2n) is 16.3. The number of unbranched alkanes of at least 4 members (excludes halogenated alkanes) is 13. The molecule has 0 fully saturated rings. The number of ether oxygens (including phenoxy) is 3. The molecule has 0 aliphatic carbocycles. The smallest absolute Gasteiger partial charge is 0.362 e. The van der Waals surface area contributed by atoms with Crippen molar-refractivity contribution in [1.29, 1.82) is 0 Å². The first-order valence-corrected chi connectivity index (χ1v) is 23.1. The molecule has 0 bridgehead atoms. The number of rotatable bonds is 40. The SMILES string of the molecule is CC/C=C/C/C=C/C/C=C/C/C=C/C/C=C/CCC(=O)OC(COCCC(C(=O)O)[N+](C)(C)C)COC(=O)CCCCCCCCCCCC/C=C/C=C/CCCCC. The largest absolute Gasteiger partial charge is 0.477 e. The van der Waals surface area contributed by atoms with Crippen molar-refractivity contribution in [2.75, 3.05) is 41.0 Å². The molecule has 2 atom stereocenters. The minimum absolute atomic E-state index is 0.0259. The van der Waals surface area contributed by atoms with Gasteiger partial charge in [0.15, 0.2) is 12.1 Å². The third-order valence-corrected chi connectivity index (χ3v) is 9.82. The third kappa shape index (κ3) is 39.7. The van der Waals surface area contributed by atoms with Crippen LogP contribution in [0.15, 0.2) is 85.1 Å². The van der Waals surface area contributed by atoms with Crippen LogP contribution >= 0.6 is 0 Å². The van der Waals surface area contributed by atoms with Crippen LogP contribution in [0.5, 0.6) is 0 Å². The van der Waals surface area contributed by atoms with Crippen LogP contribution in [0.2, 0.25) is 0 Å². The topological polar surface area (TPSA) is 99.1 Å². The highest BCUT2D eigenvalue weighted by atomic mass is 16.6. The fourth-order valence-electron chi connectivity index (χ4n) is 6.25. The molecule has 0 saturated heterocycles. The molecule has 59 heavy (non-hydrogen) atoms. The van der Waals surface area contributed by atoms with Gasteiger partial charge in [-0.1, -0.05) is 163 Å². The first kappa shape index (κ1) is 55.5. The number of hydrogen-bond acceptors (Lipinski definition) is 6. The highest BCUT2D eigenvalue weighted by molar-refractivity contribution is 5.72. The van der Waals surface area contributed by atoms with Gasteiger partial charge in [-0.25, -0.2) is 4.79 Å². The van der Waals surface area contributed by atoms with Crippen molar-refractivity contribution in [3.63, 3.8) is 0 Å². The summed E-state index contributed by atoms with van der Waals surface area (Å²) in [6.07, 6.45) is 53.6. The first-order chi connectivity index (χ1) is 28.6. The van der Waals surface area contributed by atoms with E-state index in [1.807, 2.05) is 33.3 Å². The van der Waals surface area contributed by atoms with Crippen LogP contribution in [0, 0.1) is 0 Å². The molecule has 0 spiro atoms. The van der Waals surface area contributed by atoms with Gasteiger partial charge < -0.3 is 23.8 Å². The van der Waals surface area contributed by atoms with E-state index in [9.17, 15) is 19.5 Å². The Kier molecular flexibility index (Phi) is 38.8. The molecule has 0 aromatic heterocycles. The van der Waals surface area contributed by atoms with Gasteiger partial charge in [0.05, 0.1) is 34.4 Å². The Balaban J connectivity index is 4.42. The average molecular weight is 825 g/mol. The Morgan fingerprint density at radius 3 is 1.54 bits per heavy atom. The zero-order valence-corrected chi connectivity index (χ0v) is 38.2. The lowest BCUT2D eigenvalue weighted by Crippen LogP contribution is -2.50. The summed E-state index contributed by atoms with van der Waals surface area (Å²) in [5.41, 5.74) is 0. The summed E-state index contributed by atoms with van der Waals surface area (Å²) in [4.78, 5) is 37.0. The molecule has 0 aliphatic heterocycles. The van der Waals surface area contributed by atoms with Gasteiger partial charge in [-0.3, -0.25) is 9.59 Å². The van der Waals surface area contributed by atoms with Crippen molar-refractivity contribution in [2.45, 2.75) is 180 Å². The number of nitrogens with zero attached hydrogens (tertiary/aromatic N) is 1. The van der Waals surface area contributed by atoms with Gasteiger partial charge in [0.2, 0.25) is 0 Å². The van der Waals surface area contributed by atoms with E-state index in [0.717, 1.165) is 51.4 Å². The van der Waals surface area contributed by atoms with Crippen LogP contribution in [0.4, 0.5) is 0 Å². The molecule has 8 nitrogen and oxygen atoms in total. The fourth-order valence-corrected chi connectivity index (χ4v) is 6.25. The summed E-state index contributed by atoms with van der Waals surface area (Å²) in [7, 11) is 5.49. The van der Waals surface area contributed by atoms with Crippen molar-refractivity contribution in [3.8, 4) is 0 Å². The van der Waals surface area contributed by atoms with Crippen molar-refractivity contribution in [2.24, 2.45) is 0 Å². The highest BCUT2D eigenvalue weighted by Gasteiger charge is 2.31. The monoisotopic (exact) mass is 825 g/mol. The van der Waals surface area contributed by atoms with Crippen LogP contribution < -0.4 is 0 Å². The quantitative estimate of drug-likeness (QED) is 0.0216. The van der Waals surface area contributed by atoms with Crippen molar-refractivity contribution < 1.29 is 38.2 Å². The number of carbonyl (C=O) groups is 3. The second kappa shape index (κ2) is 41.3. The van der Waals surface area contributed by atoms with Gasteiger partial charge >= 0.3 is 17.9 Å². The Labute approximate surface area is 361 Å². The molecule has 0 radical (unpaired) electrons. The molecular weight excluding hydrogens is 739 g/mol. The molecule has 2 unspecified atom stereocenters. The molecule has 0 amide bonds. The summed E-state index contributed by atoms with van der Waals surface area (Å²) < 4.78 is 17.2. The Bertz CT molecular complexity index is 1240. The number of carboxylic acid groups (broad SMARTS) is 1. The molecule has 336 valence electrons. The van der Waals surface area contributed by atoms with Gasteiger partial charge in [0, 0.05) is 19.3 Å². The van der Waals surface area contributed by atoms with Crippen LogP contribution in [0.25, 0.3) is 0 Å². The van der Waals surface area contributed by atoms with Gasteiger partial charge in [0.25, 0.3) is 0 Å². The zero-order chi connectivity index (χ0) is 43.5. The van der Waals surface area contributed by atoms with Crippen LogP contribution in [0.1, 0.15) is 168 Å². The van der Waals surface area contributed by atoms with Gasteiger partial charge in [-0.05, 0) is 70.6 Å². The summed E-state index contributed by atoms with van der Waals surface area (Å²) in [5, 5.41) is 9.63. The van der Waals surface area contributed by atoms with E-state index < -0.39 is 18.1 Å². The van der Waals surface area contributed by atoms with Crippen molar-refractivity contribution in [1.82, 2.24) is 0 Å². The number of carbonyl (C=O) groups excluding carboxylic acids is 2. The lowest BCUT2D eigenvalue weighted by molar-refractivity contribution is -0.887. The number of esters is 2. The average Bonchev–Trinajstić information content (AvgIpc) is 3.19. The molecule has 0 aromatic rings. The standard InChI is InChI=1S/C51H85NO7/c1-6-8-10-12-14-16-18-20-22-24-25-26-28-29-31-33-35-37-39-41-49(53)58-46-47(45-57-44-43-48(51(55)56)52(3,4)5)59-50(54)42-40-38-36-34-32-30-27-23-21-19-17-15-13-11-9-7-2/h9,11,14-18,20-21,23,30,32,36,38,47-48H,6-8,10,12-13,19,22,24-29,31,33-35,37,39-46H2,1-5H3/p+1/b11-9+,16-14+,17-15+,20-18+,23-21+,32-30+,38-36+. The number of hydrogen-bond donors (Lipinski definition) is 1. The fraction of sp³-hybridized carbons (Fsp3) is 0.667. The molecule has 8 heteroatoms. The molecular formula is C51H86NO7+. The third-order valence-electron chi connectivity index (χ3n) is 9.82. The Morgan fingerprint density at radius 1 is 0.542 bits per heavy atom. The number of aliphatic carboxylic acids is 1. The van der Waals surface area contributed by atoms with E-state index in [4.69, 9.17) is 14.2 Å². The number of quaternary nitrogens is 1. The highest BCUT2D eigenvalue weighted by Crippen LogP contribution is 2.14. The van der Waals surface area contributed by atoms with E-state index in [1.54, 1.807) is 0 Å². The number of allylic oxidation sites excluding steroid dienone is 14. The number of likely N-dealkylation sites (N-methyl/N-ethyl adjacent to an activating group) is 1. The van der Waals surface area contributed by atoms with E-state index in [0.29, 0.717) is 19.3 Å². The molecule has 0 saturated carbocycles. The lowest BCUT2D eigenvalue weighted by atomic mass is 10.1. The molecule has 0 rings (SSSR count). The normalized spacial score (nSPS) is 13.7. The summed E-state index contributed by atoms with van der Waals surface area (Å²) >= 11 is 0. The van der Waals surface area contributed by atoms with Crippen molar-refractivity contribution in [3.05, 3.63) is 85.1 Å². The predicted molar refractivity (Wildman–Crippen MR) is 247 cm³/mol. The van der Waals surface area contributed by atoms with E-state index in [1.165, 1.54) is 77.0 Å². The maximum absolute atomic E-state index is 12.7. The number of carboxylic acids is 1. The van der Waals surface area contributed by atoms with Crippen LogP contribution in [0.3, 0.4) is 0 Å². The molecule has 0 heterocycles. The van der Waals surface area contributed by atoms with E-state index >= 15 is 0 Å². The predicted octanol–water partition coefficient (Wildman–Crippen LogP) is 12.9. The molecule has 1 N–H and O–H groups in total. The van der Waals surface area contributed by atoms with Gasteiger partial charge in [-0.2, -0.15) is 0 Å². The maximum atomic E-state index is 12.7. The van der Waals surface area contributed by atoms with Gasteiger partial charge in [0.1, 0.15) is 6.61 Å². The summed E-state index contributed by atoms with van der Waals surface area (Å²) in [5.74, 6) is -1.59. The summed E-state index contributed by atoms with van der Waals surface area (Å²) in [6.45, 7) is 4.50. The van der Waals surface area contributed by atoms with Gasteiger partial charge in [-0.15, -0.1) is 0 Å². The minimum atomic E-state index is -0.890. The first-order valence-electron chi connectivity index (χ1n) is 23.1. The minimum Gasteiger partial charge on any atom is -0.477 e. The lowest BCUT2D eigenvalue weighted by Gasteiger charge is -2.31. The molecule has 0 aromatic carbocycles.